The second-order valence-corrected chi connectivity index (χ2v) is 6.73. The van der Waals surface area contributed by atoms with Gasteiger partial charge in [-0.3, -0.25) is 14.7 Å². The Morgan fingerprint density at radius 2 is 2.22 bits per heavy atom. The first kappa shape index (κ1) is 12.0. The van der Waals surface area contributed by atoms with Gasteiger partial charge in [-0.05, 0) is 33.6 Å². The number of amides is 1. The van der Waals surface area contributed by atoms with Crippen LogP contribution in [-0.4, -0.2) is 47.4 Å². The largest absolute Gasteiger partial charge is 0.371 e. The Labute approximate surface area is 108 Å². The van der Waals surface area contributed by atoms with Crippen molar-refractivity contribution in [2.45, 2.75) is 51.2 Å². The maximum absolute atomic E-state index is 11.7. The summed E-state index contributed by atoms with van der Waals surface area (Å²) < 4.78 is 0. The second kappa shape index (κ2) is 3.47. The van der Waals surface area contributed by atoms with E-state index in [4.69, 9.17) is 5.73 Å². The molecule has 0 spiro atoms. The predicted octanol–water partition coefficient (Wildman–Crippen LogP) is 0.105. The lowest BCUT2D eigenvalue weighted by Crippen LogP contribution is -2.51. The number of carbonyl (C=O) groups is 1. The summed E-state index contributed by atoms with van der Waals surface area (Å²) in [4.78, 5) is 18.6. The van der Waals surface area contributed by atoms with E-state index >= 15 is 0 Å². The van der Waals surface area contributed by atoms with Crippen LogP contribution in [0.25, 0.3) is 0 Å². The minimum Gasteiger partial charge on any atom is -0.371 e. The van der Waals surface area contributed by atoms with Crippen LogP contribution in [-0.2, 0) is 4.79 Å². The molecule has 0 aromatic heterocycles. The van der Waals surface area contributed by atoms with Gasteiger partial charge in [-0.2, -0.15) is 0 Å². The van der Waals surface area contributed by atoms with Gasteiger partial charge in [-0.15, -0.1) is 0 Å². The Hall–Kier alpha value is -1.10. The zero-order valence-corrected chi connectivity index (χ0v) is 11.4. The van der Waals surface area contributed by atoms with Crippen molar-refractivity contribution in [3.63, 3.8) is 0 Å². The average molecular weight is 250 g/mol. The summed E-state index contributed by atoms with van der Waals surface area (Å²) in [5.74, 6) is 0.917. The molecule has 1 aliphatic carbocycles. The van der Waals surface area contributed by atoms with Gasteiger partial charge in [0.2, 0.25) is 5.91 Å². The number of likely N-dealkylation sites (tertiary alicyclic amines) is 1. The molecule has 0 bridgehead atoms. The van der Waals surface area contributed by atoms with E-state index in [2.05, 4.69) is 36.0 Å². The highest BCUT2D eigenvalue weighted by Crippen LogP contribution is 2.61. The molecule has 1 unspecified atom stereocenters. The van der Waals surface area contributed by atoms with E-state index in [1.807, 2.05) is 0 Å². The number of amidine groups is 1. The molecule has 3 atom stereocenters. The molecule has 100 valence electrons. The molecule has 3 aliphatic rings. The van der Waals surface area contributed by atoms with E-state index in [1.54, 1.807) is 0 Å². The van der Waals surface area contributed by atoms with Gasteiger partial charge < -0.3 is 11.1 Å². The maximum Gasteiger partial charge on any atom is 0.234 e. The predicted molar refractivity (Wildman–Crippen MR) is 70.3 cm³/mol. The molecule has 5 heteroatoms. The van der Waals surface area contributed by atoms with Crippen LogP contribution in [0.15, 0.2) is 4.99 Å². The van der Waals surface area contributed by atoms with Gasteiger partial charge in [0.05, 0.1) is 12.6 Å². The van der Waals surface area contributed by atoms with Crippen molar-refractivity contribution in [2.24, 2.45) is 16.1 Å². The Kier molecular flexibility index (Phi) is 2.31. The third kappa shape index (κ3) is 1.49. The quantitative estimate of drug-likeness (QED) is 0.730. The van der Waals surface area contributed by atoms with Crippen molar-refractivity contribution in [1.82, 2.24) is 10.2 Å². The van der Waals surface area contributed by atoms with Gasteiger partial charge in [-0.1, -0.05) is 0 Å². The van der Waals surface area contributed by atoms with Gasteiger partial charge in [0.1, 0.15) is 5.84 Å². The standard InChI is InChI=1S/C13H22N4O/c1-12(2,3)17-8(10(14)18)6-13(7-9(13)17)11-15-4-5-16-11/h8-9H,4-7H2,1-3H3,(H2,14,18)(H,15,16)/t8-,9?,13+/m0/s1. The lowest BCUT2D eigenvalue weighted by atomic mass is 9.97. The lowest BCUT2D eigenvalue weighted by molar-refractivity contribution is -0.124. The van der Waals surface area contributed by atoms with Gasteiger partial charge >= 0.3 is 0 Å². The third-order valence-corrected chi connectivity index (χ3v) is 4.51. The minimum atomic E-state index is -0.199. The normalized spacial score (nSPS) is 39.2. The molecule has 1 saturated carbocycles. The zero-order chi connectivity index (χ0) is 13.1. The van der Waals surface area contributed by atoms with Crippen LogP contribution in [0.5, 0.6) is 0 Å². The summed E-state index contributed by atoms with van der Waals surface area (Å²) >= 11 is 0. The first-order valence-electron chi connectivity index (χ1n) is 6.73. The van der Waals surface area contributed by atoms with Crippen molar-refractivity contribution < 1.29 is 4.79 Å². The van der Waals surface area contributed by atoms with Crippen LogP contribution in [0.1, 0.15) is 33.6 Å². The number of nitrogens with one attached hydrogen (secondary N) is 1. The molecule has 2 aliphatic heterocycles. The summed E-state index contributed by atoms with van der Waals surface area (Å²) in [6.07, 6.45) is 1.94. The number of hydrogen-bond acceptors (Lipinski definition) is 4. The van der Waals surface area contributed by atoms with Crippen LogP contribution in [0.3, 0.4) is 0 Å². The summed E-state index contributed by atoms with van der Waals surface area (Å²) in [6.45, 7) is 8.25. The van der Waals surface area contributed by atoms with Crippen LogP contribution >= 0.6 is 0 Å². The van der Waals surface area contributed by atoms with Crippen molar-refractivity contribution in [3.05, 3.63) is 0 Å². The molecule has 0 aromatic rings. The number of fused-ring (bicyclic) bond motifs is 1. The topological polar surface area (TPSA) is 70.7 Å². The van der Waals surface area contributed by atoms with E-state index in [9.17, 15) is 4.79 Å². The molecule has 2 fully saturated rings. The van der Waals surface area contributed by atoms with Gasteiger partial charge in [0, 0.05) is 23.5 Å². The van der Waals surface area contributed by atoms with Crippen LogP contribution < -0.4 is 11.1 Å². The first-order chi connectivity index (χ1) is 8.36. The number of rotatable bonds is 2. The molecular weight excluding hydrogens is 228 g/mol. The van der Waals surface area contributed by atoms with Gasteiger partial charge in [-0.25, -0.2) is 0 Å². The first-order valence-corrected chi connectivity index (χ1v) is 6.73. The highest BCUT2D eigenvalue weighted by molar-refractivity contribution is 5.95. The van der Waals surface area contributed by atoms with Crippen LogP contribution in [0.2, 0.25) is 0 Å². The lowest BCUT2D eigenvalue weighted by Gasteiger charge is -2.37. The fourth-order valence-electron chi connectivity index (χ4n) is 3.79. The van der Waals surface area contributed by atoms with E-state index < -0.39 is 0 Å². The number of nitrogens with two attached hydrogens (primary N) is 1. The Morgan fingerprint density at radius 3 is 2.67 bits per heavy atom. The SMILES string of the molecule is CC(C)(C)N1C2C[C@]2(C2=NCCN2)C[C@H]1C(N)=O. The van der Waals surface area contributed by atoms with E-state index in [-0.39, 0.29) is 22.9 Å². The number of aliphatic imine (C=N–C) groups is 1. The number of piperidine rings is 1. The van der Waals surface area contributed by atoms with Crippen molar-refractivity contribution >= 4 is 11.7 Å². The fraction of sp³-hybridized carbons (Fsp3) is 0.846. The number of nitrogens with zero attached hydrogens (tertiary/aromatic N) is 2. The number of carbonyl (C=O) groups excluding carboxylic acids is 1. The molecule has 1 saturated heterocycles. The maximum atomic E-state index is 11.7. The van der Waals surface area contributed by atoms with E-state index in [0.29, 0.717) is 6.04 Å². The van der Waals surface area contributed by atoms with Crippen LogP contribution in [0, 0.1) is 5.41 Å². The van der Waals surface area contributed by atoms with Crippen LogP contribution in [0.4, 0.5) is 0 Å². The highest BCUT2D eigenvalue weighted by atomic mass is 16.1. The summed E-state index contributed by atoms with van der Waals surface area (Å²) in [7, 11) is 0. The van der Waals surface area contributed by atoms with Crippen molar-refractivity contribution in [2.75, 3.05) is 13.1 Å². The number of primary amides is 1. The summed E-state index contributed by atoms with van der Waals surface area (Å²) in [6, 6.07) is 0.285. The number of hydrogen-bond donors (Lipinski definition) is 2. The molecule has 0 radical (unpaired) electrons. The molecule has 5 nitrogen and oxygen atoms in total. The van der Waals surface area contributed by atoms with Crippen molar-refractivity contribution in [3.8, 4) is 0 Å². The molecule has 2 heterocycles. The molecular formula is C13H22N4O. The smallest absolute Gasteiger partial charge is 0.234 e. The minimum absolute atomic E-state index is 0.0260. The molecule has 0 aromatic carbocycles. The molecule has 3 N–H and O–H groups in total. The molecule has 18 heavy (non-hydrogen) atoms. The zero-order valence-electron chi connectivity index (χ0n) is 11.4. The van der Waals surface area contributed by atoms with Crippen molar-refractivity contribution in [1.29, 1.82) is 0 Å². The summed E-state index contributed by atoms with van der Waals surface area (Å²) in [5.41, 5.74) is 5.65. The van der Waals surface area contributed by atoms with Gasteiger partial charge in [0.25, 0.3) is 0 Å². The Bertz CT molecular complexity index is 425. The van der Waals surface area contributed by atoms with E-state index in [0.717, 1.165) is 31.8 Å². The third-order valence-electron chi connectivity index (χ3n) is 4.51. The fourth-order valence-corrected chi connectivity index (χ4v) is 3.79. The average Bonchev–Trinajstić information content (AvgIpc) is 2.70. The Balaban J connectivity index is 1.91. The van der Waals surface area contributed by atoms with Gasteiger partial charge in [0.15, 0.2) is 0 Å². The van der Waals surface area contributed by atoms with E-state index in [1.165, 1.54) is 0 Å². The Morgan fingerprint density at radius 1 is 1.50 bits per heavy atom. The monoisotopic (exact) mass is 250 g/mol. The summed E-state index contributed by atoms with van der Waals surface area (Å²) in [5, 5.41) is 3.38. The highest BCUT2D eigenvalue weighted by Gasteiger charge is 2.70. The molecule has 1 amide bonds. The molecule has 3 rings (SSSR count). The second-order valence-electron chi connectivity index (χ2n) is 6.73.